The summed E-state index contributed by atoms with van der Waals surface area (Å²) in [6.45, 7) is 7.74. The fraction of sp³-hybridized carbons (Fsp3) is 0.550. The van der Waals surface area contributed by atoms with E-state index in [4.69, 9.17) is 11.2 Å². The van der Waals surface area contributed by atoms with Gasteiger partial charge in [-0.15, -0.1) is 6.42 Å². The molecule has 1 aromatic rings. The second kappa shape index (κ2) is 8.71. The Hall–Kier alpha value is -2.48. The molecule has 2 atom stereocenters. The van der Waals surface area contributed by atoms with Gasteiger partial charge in [0.05, 0.1) is 4.92 Å². The van der Waals surface area contributed by atoms with Crippen LogP contribution in [0, 0.1) is 22.5 Å². The van der Waals surface area contributed by atoms with E-state index in [0.717, 1.165) is 25.0 Å². The SMILES string of the molecule is C#C[C@](C)([C@H](NS(=O)(=O)c1ccccc1[N+](=O)[O-])C(=O)OC(C)(C)C)N1CCCC1. The Morgan fingerprint density at radius 3 is 2.33 bits per heavy atom. The summed E-state index contributed by atoms with van der Waals surface area (Å²) < 4.78 is 34.0. The number of nitro benzene ring substituents is 1. The molecule has 0 bridgehead atoms. The van der Waals surface area contributed by atoms with Crippen molar-refractivity contribution in [2.45, 2.75) is 62.6 Å². The number of esters is 1. The number of hydrogen-bond acceptors (Lipinski definition) is 7. The summed E-state index contributed by atoms with van der Waals surface area (Å²) in [6, 6.07) is 3.45. The first-order valence-electron chi connectivity index (χ1n) is 9.53. The van der Waals surface area contributed by atoms with Crippen molar-refractivity contribution in [3.05, 3.63) is 34.4 Å². The number of nitrogens with zero attached hydrogens (tertiary/aromatic N) is 2. The van der Waals surface area contributed by atoms with Crippen LogP contribution in [0.1, 0.15) is 40.5 Å². The van der Waals surface area contributed by atoms with Crippen LogP contribution in [0.4, 0.5) is 5.69 Å². The normalized spacial score (nSPS) is 18.2. The lowest BCUT2D eigenvalue weighted by Crippen LogP contribution is -2.63. The zero-order valence-corrected chi connectivity index (χ0v) is 18.4. The topological polar surface area (TPSA) is 119 Å². The summed E-state index contributed by atoms with van der Waals surface area (Å²) in [6.07, 6.45) is 7.50. The van der Waals surface area contributed by atoms with Gasteiger partial charge in [0.15, 0.2) is 4.90 Å². The molecule has 0 aromatic heterocycles. The Kier molecular flexibility index (Phi) is 6.91. The predicted octanol–water partition coefficient (Wildman–Crippen LogP) is 2.07. The number of ether oxygens (including phenoxy) is 1. The van der Waals surface area contributed by atoms with Crippen molar-refractivity contribution in [1.82, 2.24) is 9.62 Å². The van der Waals surface area contributed by atoms with Crippen LogP contribution in [0.25, 0.3) is 0 Å². The number of carbonyl (C=O) groups is 1. The summed E-state index contributed by atoms with van der Waals surface area (Å²) in [4.78, 5) is 24.9. The first-order valence-corrected chi connectivity index (χ1v) is 11.0. The molecule has 0 saturated carbocycles. The molecule has 1 fully saturated rings. The molecule has 1 aromatic carbocycles. The van der Waals surface area contributed by atoms with Gasteiger partial charge in [0.25, 0.3) is 5.69 Å². The Morgan fingerprint density at radius 1 is 1.27 bits per heavy atom. The monoisotopic (exact) mass is 437 g/mol. The highest BCUT2D eigenvalue weighted by atomic mass is 32.2. The molecule has 1 N–H and O–H groups in total. The van der Waals surface area contributed by atoms with Crippen molar-refractivity contribution in [3.8, 4) is 12.3 Å². The minimum atomic E-state index is -4.47. The molecule has 30 heavy (non-hydrogen) atoms. The molecular formula is C20H27N3O6S. The van der Waals surface area contributed by atoms with Gasteiger partial charge in [0.1, 0.15) is 17.2 Å². The molecular weight excluding hydrogens is 410 g/mol. The quantitative estimate of drug-likeness (QED) is 0.300. The molecule has 9 nitrogen and oxygen atoms in total. The maximum Gasteiger partial charge on any atom is 0.327 e. The number of hydrogen-bond donors (Lipinski definition) is 1. The molecule has 1 aliphatic heterocycles. The van der Waals surface area contributed by atoms with Crippen LogP contribution < -0.4 is 4.72 Å². The van der Waals surface area contributed by atoms with Crippen molar-refractivity contribution in [3.63, 3.8) is 0 Å². The van der Waals surface area contributed by atoms with E-state index in [1.54, 1.807) is 27.7 Å². The van der Waals surface area contributed by atoms with E-state index in [1.807, 2.05) is 4.90 Å². The first-order chi connectivity index (χ1) is 13.8. The Balaban J connectivity index is 2.54. The van der Waals surface area contributed by atoms with Crippen LogP contribution in [-0.2, 0) is 19.6 Å². The van der Waals surface area contributed by atoms with Crippen LogP contribution in [-0.4, -0.2) is 54.5 Å². The average molecular weight is 438 g/mol. The minimum Gasteiger partial charge on any atom is -0.459 e. The van der Waals surface area contributed by atoms with Gasteiger partial charge in [-0.05, 0) is 59.7 Å². The van der Waals surface area contributed by atoms with Crippen LogP contribution in [0.3, 0.4) is 0 Å². The summed E-state index contributed by atoms with van der Waals surface area (Å²) >= 11 is 0. The molecule has 1 aliphatic rings. The fourth-order valence-corrected chi connectivity index (χ4v) is 4.78. The van der Waals surface area contributed by atoms with Gasteiger partial charge in [-0.3, -0.25) is 19.8 Å². The molecule has 10 heteroatoms. The number of rotatable bonds is 7. The average Bonchev–Trinajstić information content (AvgIpc) is 3.19. The Morgan fingerprint density at radius 2 is 1.83 bits per heavy atom. The van der Waals surface area contributed by atoms with Crippen molar-refractivity contribution >= 4 is 21.7 Å². The molecule has 0 radical (unpaired) electrons. The van der Waals surface area contributed by atoms with Gasteiger partial charge in [-0.1, -0.05) is 18.1 Å². The maximum atomic E-state index is 13.1. The van der Waals surface area contributed by atoms with Crippen molar-refractivity contribution in [2.75, 3.05) is 13.1 Å². The first kappa shape index (κ1) is 23.8. The Labute approximate surface area is 177 Å². The molecule has 1 heterocycles. The lowest BCUT2D eigenvalue weighted by molar-refractivity contribution is -0.387. The highest BCUT2D eigenvalue weighted by molar-refractivity contribution is 7.89. The van der Waals surface area contributed by atoms with E-state index >= 15 is 0 Å². The molecule has 1 saturated heterocycles. The van der Waals surface area contributed by atoms with Gasteiger partial charge in [0, 0.05) is 6.07 Å². The van der Waals surface area contributed by atoms with Crippen LogP contribution >= 0.6 is 0 Å². The molecule has 2 rings (SSSR count). The third-order valence-corrected chi connectivity index (χ3v) is 6.35. The number of benzene rings is 1. The standard InChI is InChI=1S/C20H27N3O6S/c1-6-20(5,22-13-9-10-14-22)17(18(24)29-19(2,3)4)21-30(27,28)16-12-8-7-11-15(16)23(25)26/h1,7-8,11-12,17,21H,9-10,13-14H2,2-5H3/t17-,20-/m1/s1. The lowest BCUT2D eigenvalue weighted by atomic mass is 9.91. The second-order valence-electron chi connectivity index (χ2n) is 8.30. The van der Waals surface area contributed by atoms with E-state index in [2.05, 4.69) is 10.6 Å². The van der Waals surface area contributed by atoms with Gasteiger partial charge in [0.2, 0.25) is 10.0 Å². The third kappa shape index (κ3) is 5.16. The van der Waals surface area contributed by atoms with Crippen LogP contribution in [0.2, 0.25) is 0 Å². The number of carbonyl (C=O) groups excluding carboxylic acids is 1. The number of para-hydroxylation sites is 1. The van der Waals surface area contributed by atoms with E-state index in [0.29, 0.717) is 13.1 Å². The summed E-state index contributed by atoms with van der Waals surface area (Å²) in [5.41, 5.74) is -2.81. The number of terminal acetylenes is 1. The number of nitro groups is 1. The zero-order chi connectivity index (χ0) is 22.7. The summed E-state index contributed by atoms with van der Waals surface area (Å²) in [7, 11) is -4.47. The van der Waals surface area contributed by atoms with Crippen molar-refractivity contribution in [1.29, 1.82) is 0 Å². The van der Waals surface area contributed by atoms with Gasteiger partial charge >= 0.3 is 5.97 Å². The minimum absolute atomic E-state index is 0.552. The van der Waals surface area contributed by atoms with E-state index in [1.165, 1.54) is 12.1 Å². The maximum absolute atomic E-state index is 13.1. The molecule has 0 amide bonds. The third-order valence-electron chi connectivity index (χ3n) is 4.88. The highest BCUT2D eigenvalue weighted by Gasteiger charge is 2.48. The zero-order valence-electron chi connectivity index (χ0n) is 17.5. The number of likely N-dealkylation sites (tertiary alicyclic amines) is 1. The highest BCUT2D eigenvalue weighted by Crippen LogP contribution is 2.29. The van der Waals surface area contributed by atoms with E-state index < -0.39 is 48.7 Å². The largest absolute Gasteiger partial charge is 0.459 e. The Bertz CT molecular complexity index is 957. The van der Waals surface area contributed by atoms with Crippen molar-refractivity contribution < 1.29 is 22.9 Å². The van der Waals surface area contributed by atoms with E-state index in [-0.39, 0.29) is 0 Å². The molecule has 0 unspecified atom stereocenters. The van der Waals surface area contributed by atoms with E-state index in [9.17, 15) is 23.3 Å². The van der Waals surface area contributed by atoms with Gasteiger partial charge in [-0.2, -0.15) is 4.72 Å². The van der Waals surface area contributed by atoms with Crippen LogP contribution in [0.15, 0.2) is 29.2 Å². The van der Waals surface area contributed by atoms with Gasteiger partial charge < -0.3 is 4.74 Å². The summed E-state index contributed by atoms with van der Waals surface area (Å²) in [5, 5.41) is 11.3. The smallest absolute Gasteiger partial charge is 0.327 e. The van der Waals surface area contributed by atoms with Crippen molar-refractivity contribution in [2.24, 2.45) is 0 Å². The molecule has 0 aliphatic carbocycles. The molecule has 164 valence electrons. The number of sulfonamides is 1. The predicted molar refractivity (Wildman–Crippen MR) is 111 cm³/mol. The van der Waals surface area contributed by atoms with Gasteiger partial charge in [-0.25, -0.2) is 8.42 Å². The fourth-order valence-electron chi connectivity index (χ4n) is 3.35. The molecule has 0 spiro atoms. The lowest BCUT2D eigenvalue weighted by Gasteiger charge is -2.40. The second-order valence-corrected chi connectivity index (χ2v) is 9.98. The number of nitrogens with one attached hydrogen (secondary N) is 1. The van der Waals surface area contributed by atoms with Crippen LogP contribution in [0.5, 0.6) is 0 Å². The summed E-state index contributed by atoms with van der Waals surface area (Å²) in [5.74, 6) is 1.71.